The van der Waals surface area contributed by atoms with Crippen molar-refractivity contribution in [3.05, 3.63) is 28.3 Å². The topological polar surface area (TPSA) is 76.9 Å². The SMILES string of the molecule is COc1cc(NCC(C)N2CCOCC2C)ccc1[N+](=O)[O-]. The first-order valence-corrected chi connectivity index (χ1v) is 7.42. The molecule has 0 aromatic heterocycles. The summed E-state index contributed by atoms with van der Waals surface area (Å²) in [5.41, 5.74) is 0.790. The Kier molecular flexibility index (Phi) is 5.57. The summed E-state index contributed by atoms with van der Waals surface area (Å²) in [5.74, 6) is 0.266. The fraction of sp³-hybridized carbons (Fsp3) is 0.600. The molecule has 1 aliphatic rings. The Morgan fingerprint density at radius 1 is 1.59 bits per heavy atom. The number of nitrogens with one attached hydrogen (secondary N) is 1. The lowest BCUT2D eigenvalue weighted by atomic mass is 10.1. The lowest BCUT2D eigenvalue weighted by Gasteiger charge is -2.38. The summed E-state index contributed by atoms with van der Waals surface area (Å²) in [6.45, 7) is 7.52. The third kappa shape index (κ3) is 3.86. The minimum absolute atomic E-state index is 0.0251. The monoisotopic (exact) mass is 309 g/mol. The number of morpholine rings is 1. The molecule has 1 fully saturated rings. The van der Waals surface area contributed by atoms with Crippen molar-refractivity contribution in [2.45, 2.75) is 25.9 Å². The van der Waals surface area contributed by atoms with Gasteiger partial charge in [-0.15, -0.1) is 0 Å². The first kappa shape index (κ1) is 16.5. The summed E-state index contributed by atoms with van der Waals surface area (Å²) in [6.07, 6.45) is 0. The van der Waals surface area contributed by atoms with Crippen molar-refractivity contribution < 1.29 is 14.4 Å². The minimum atomic E-state index is -0.444. The number of hydrogen-bond acceptors (Lipinski definition) is 6. The van der Waals surface area contributed by atoms with Crippen molar-refractivity contribution in [1.29, 1.82) is 0 Å². The van der Waals surface area contributed by atoms with Crippen LogP contribution in [-0.2, 0) is 4.74 Å². The number of ether oxygens (including phenoxy) is 2. The molecule has 22 heavy (non-hydrogen) atoms. The Bertz CT molecular complexity index is 524. The zero-order valence-electron chi connectivity index (χ0n) is 13.2. The van der Waals surface area contributed by atoms with Gasteiger partial charge in [0.05, 0.1) is 25.2 Å². The van der Waals surface area contributed by atoms with Crippen molar-refractivity contribution >= 4 is 11.4 Å². The van der Waals surface area contributed by atoms with Crippen LogP contribution in [0.4, 0.5) is 11.4 Å². The highest BCUT2D eigenvalue weighted by Gasteiger charge is 2.23. The predicted molar refractivity (Wildman–Crippen MR) is 84.6 cm³/mol. The van der Waals surface area contributed by atoms with E-state index in [0.717, 1.165) is 32.0 Å². The molecule has 1 N–H and O–H groups in total. The average molecular weight is 309 g/mol. The number of methoxy groups -OCH3 is 1. The van der Waals surface area contributed by atoms with E-state index in [1.165, 1.54) is 13.2 Å². The van der Waals surface area contributed by atoms with E-state index in [0.29, 0.717) is 12.1 Å². The van der Waals surface area contributed by atoms with E-state index in [4.69, 9.17) is 9.47 Å². The first-order chi connectivity index (χ1) is 10.5. The van der Waals surface area contributed by atoms with Crippen LogP contribution >= 0.6 is 0 Å². The molecule has 0 spiro atoms. The smallest absolute Gasteiger partial charge is 0.311 e. The standard InChI is InChI=1S/C15H23N3O4/c1-11(17-6-7-22-10-12(17)2)9-16-13-4-5-14(18(19)20)15(8-13)21-3/h4-5,8,11-12,16H,6-7,9-10H2,1-3H3. The molecule has 1 heterocycles. The first-order valence-electron chi connectivity index (χ1n) is 7.42. The highest BCUT2D eigenvalue weighted by atomic mass is 16.6. The summed E-state index contributed by atoms with van der Waals surface area (Å²) in [7, 11) is 1.43. The van der Waals surface area contributed by atoms with Crippen LogP contribution in [0.5, 0.6) is 5.75 Å². The van der Waals surface area contributed by atoms with Gasteiger partial charge in [-0.25, -0.2) is 0 Å². The number of nitro benzene ring substituents is 1. The quantitative estimate of drug-likeness (QED) is 0.641. The molecule has 0 radical (unpaired) electrons. The maximum atomic E-state index is 10.9. The Morgan fingerprint density at radius 3 is 3.00 bits per heavy atom. The van der Waals surface area contributed by atoms with Crippen molar-refractivity contribution in [2.24, 2.45) is 0 Å². The fourth-order valence-electron chi connectivity index (χ4n) is 2.72. The maximum Gasteiger partial charge on any atom is 0.311 e. The van der Waals surface area contributed by atoms with Crippen LogP contribution in [0.3, 0.4) is 0 Å². The summed E-state index contributed by atoms with van der Waals surface area (Å²) >= 11 is 0. The third-order valence-electron chi connectivity index (χ3n) is 3.96. The normalized spacial score (nSPS) is 20.4. The summed E-state index contributed by atoms with van der Waals surface area (Å²) in [4.78, 5) is 12.8. The molecule has 2 rings (SSSR count). The lowest BCUT2D eigenvalue weighted by Crippen LogP contribution is -2.50. The molecule has 7 heteroatoms. The van der Waals surface area contributed by atoms with Crippen LogP contribution in [0.2, 0.25) is 0 Å². The van der Waals surface area contributed by atoms with Crippen molar-refractivity contribution in [1.82, 2.24) is 4.90 Å². The molecule has 0 saturated carbocycles. The van der Waals surface area contributed by atoms with E-state index in [1.807, 2.05) is 0 Å². The molecule has 1 saturated heterocycles. The number of nitro groups is 1. The molecule has 7 nitrogen and oxygen atoms in total. The number of rotatable bonds is 6. The Hall–Kier alpha value is -1.86. The van der Waals surface area contributed by atoms with E-state index in [9.17, 15) is 10.1 Å². The van der Waals surface area contributed by atoms with Crippen molar-refractivity contribution in [3.8, 4) is 5.75 Å². The lowest BCUT2D eigenvalue weighted by molar-refractivity contribution is -0.385. The van der Waals surface area contributed by atoms with E-state index in [2.05, 4.69) is 24.1 Å². The molecular weight excluding hydrogens is 286 g/mol. The van der Waals surface area contributed by atoms with E-state index < -0.39 is 4.92 Å². The summed E-state index contributed by atoms with van der Waals surface area (Å²) in [6, 6.07) is 5.57. The van der Waals surface area contributed by atoms with Crippen molar-refractivity contribution in [3.63, 3.8) is 0 Å². The highest BCUT2D eigenvalue weighted by molar-refractivity contribution is 5.58. The second-order valence-corrected chi connectivity index (χ2v) is 5.54. The van der Waals surface area contributed by atoms with Gasteiger partial charge in [-0.05, 0) is 19.9 Å². The summed E-state index contributed by atoms with van der Waals surface area (Å²) in [5, 5.41) is 14.2. The summed E-state index contributed by atoms with van der Waals surface area (Å²) < 4.78 is 10.5. The molecule has 0 amide bonds. The molecule has 1 aromatic carbocycles. The van der Waals surface area contributed by atoms with Crippen LogP contribution in [0, 0.1) is 10.1 Å². The Labute approximate surface area is 130 Å². The second kappa shape index (κ2) is 7.42. The van der Waals surface area contributed by atoms with Gasteiger partial charge in [-0.3, -0.25) is 15.0 Å². The Balaban J connectivity index is 1.97. The third-order valence-corrected chi connectivity index (χ3v) is 3.96. The van der Waals surface area contributed by atoms with Crippen LogP contribution in [-0.4, -0.2) is 55.3 Å². The molecule has 0 bridgehead atoms. The minimum Gasteiger partial charge on any atom is -0.490 e. The zero-order valence-corrected chi connectivity index (χ0v) is 13.2. The molecule has 2 unspecified atom stereocenters. The van der Waals surface area contributed by atoms with Gasteiger partial charge in [0, 0.05) is 43.0 Å². The van der Waals surface area contributed by atoms with Gasteiger partial charge in [0.25, 0.3) is 0 Å². The van der Waals surface area contributed by atoms with Gasteiger partial charge in [0.15, 0.2) is 5.75 Å². The molecule has 1 aliphatic heterocycles. The zero-order chi connectivity index (χ0) is 16.1. The van der Waals surface area contributed by atoms with E-state index in [1.54, 1.807) is 12.1 Å². The average Bonchev–Trinajstić information content (AvgIpc) is 2.52. The molecule has 0 aliphatic carbocycles. The second-order valence-electron chi connectivity index (χ2n) is 5.54. The highest BCUT2D eigenvalue weighted by Crippen LogP contribution is 2.29. The number of benzene rings is 1. The van der Waals surface area contributed by atoms with Crippen LogP contribution in [0.25, 0.3) is 0 Å². The van der Waals surface area contributed by atoms with Gasteiger partial charge >= 0.3 is 5.69 Å². The van der Waals surface area contributed by atoms with Gasteiger partial charge in [-0.1, -0.05) is 0 Å². The molecule has 122 valence electrons. The van der Waals surface area contributed by atoms with Gasteiger partial charge in [-0.2, -0.15) is 0 Å². The van der Waals surface area contributed by atoms with Crippen LogP contribution in [0.15, 0.2) is 18.2 Å². The number of hydrogen-bond donors (Lipinski definition) is 1. The Morgan fingerprint density at radius 2 is 2.36 bits per heavy atom. The maximum absolute atomic E-state index is 10.9. The van der Waals surface area contributed by atoms with Crippen LogP contribution < -0.4 is 10.1 Å². The van der Waals surface area contributed by atoms with E-state index in [-0.39, 0.29) is 11.4 Å². The fourth-order valence-corrected chi connectivity index (χ4v) is 2.72. The van der Waals surface area contributed by atoms with Gasteiger partial charge in [0.2, 0.25) is 0 Å². The largest absolute Gasteiger partial charge is 0.490 e. The molecular formula is C15H23N3O4. The number of nitrogens with zero attached hydrogens (tertiary/aromatic N) is 2. The predicted octanol–water partition coefficient (Wildman–Crippen LogP) is 2.12. The molecule has 1 aromatic rings. The van der Waals surface area contributed by atoms with Crippen LogP contribution in [0.1, 0.15) is 13.8 Å². The van der Waals surface area contributed by atoms with E-state index >= 15 is 0 Å². The molecule has 2 atom stereocenters. The van der Waals surface area contributed by atoms with Crippen molar-refractivity contribution in [2.75, 3.05) is 38.7 Å². The van der Waals surface area contributed by atoms with Gasteiger partial charge in [0.1, 0.15) is 0 Å². The number of anilines is 1. The van der Waals surface area contributed by atoms with Gasteiger partial charge < -0.3 is 14.8 Å².